The van der Waals surface area contributed by atoms with Gasteiger partial charge in [0.2, 0.25) is 0 Å². The lowest BCUT2D eigenvalue weighted by Crippen LogP contribution is -2.29. The number of hydrogen-bond acceptors (Lipinski definition) is 6. The van der Waals surface area contributed by atoms with Gasteiger partial charge in [0.25, 0.3) is 11.7 Å². The van der Waals surface area contributed by atoms with Crippen molar-refractivity contribution in [2.75, 3.05) is 18.6 Å². The number of benzene rings is 3. The number of hydrogen-bond donors (Lipinski definition) is 1. The standard InChI is InChI=1S/C33H37NO6/c1-8-39-27-18-13-21(19-25(27)33(4,5)6)30(35)28-29(24-11-9-10-12-26(24)38-7)34(32(37)31(28)36)22-14-16-23(17-15-22)40-20(2)3/h9-20,29,35H,8H2,1-7H3/b30-28+. The van der Waals surface area contributed by atoms with Crippen molar-refractivity contribution in [2.24, 2.45) is 0 Å². The van der Waals surface area contributed by atoms with E-state index in [4.69, 9.17) is 14.2 Å². The van der Waals surface area contributed by atoms with Gasteiger partial charge in [0, 0.05) is 22.4 Å². The van der Waals surface area contributed by atoms with E-state index in [0.29, 0.717) is 40.7 Å². The Morgan fingerprint density at radius 3 is 2.25 bits per heavy atom. The summed E-state index contributed by atoms with van der Waals surface area (Å²) in [6.07, 6.45) is -0.0132. The van der Waals surface area contributed by atoms with Gasteiger partial charge < -0.3 is 19.3 Å². The van der Waals surface area contributed by atoms with Crippen LogP contribution in [0.25, 0.3) is 5.76 Å². The number of para-hydroxylation sites is 1. The smallest absolute Gasteiger partial charge is 0.300 e. The number of aliphatic hydroxyl groups excluding tert-OH is 1. The van der Waals surface area contributed by atoms with Crippen molar-refractivity contribution in [1.82, 2.24) is 0 Å². The fourth-order valence-corrected chi connectivity index (χ4v) is 4.94. The second-order valence-corrected chi connectivity index (χ2v) is 11.0. The van der Waals surface area contributed by atoms with Gasteiger partial charge in [-0.05, 0) is 74.7 Å². The summed E-state index contributed by atoms with van der Waals surface area (Å²) in [5, 5.41) is 11.7. The van der Waals surface area contributed by atoms with Crippen molar-refractivity contribution in [3.05, 3.63) is 89.0 Å². The molecule has 1 N–H and O–H groups in total. The second kappa shape index (κ2) is 11.5. The molecule has 3 aromatic rings. The summed E-state index contributed by atoms with van der Waals surface area (Å²) in [4.78, 5) is 28.7. The molecular formula is C33H37NO6. The van der Waals surface area contributed by atoms with E-state index in [1.165, 1.54) is 12.0 Å². The number of methoxy groups -OCH3 is 1. The molecule has 0 aromatic heterocycles. The van der Waals surface area contributed by atoms with Gasteiger partial charge in [0.1, 0.15) is 23.0 Å². The third-order valence-corrected chi connectivity index (χ3v) is 6.73. The molecule has 1 aliphatic heterocycles. The SMILES string of the molecule is CCOc1ccc(/C(O)=C2\C(=O)C(=O)N(c3ccc(OC(C)C)cc3)C2c2ccccc2OC)cc1C(C)(C)C. The largest absolute Gasteiger partial charge is 0.507 e. The number of aliphatic hydroxyl groups is 1. The highest BCUT2D eigenvalue weighted by Crippen LogP contribution is 2.45. The average molecular weight is 544 g/mol. The van der Waals surface area contributed by atoms with Crippen molar-refractivity contribution in [2.45, 2.75) is 59.1 Å². The molecule has 0 aliphatic carbocycles. The number of rotatable bonds is 8. The van der Waals surface area contributed by atoms with Crippen molar-refractivity contribution >= 4 is 23.1 Å². The Bertz CT molecular complexity index is 1430. The van der Waals surface area contributed by atoms with Crippen LogP contribution in [0.5, 0.6) is 17.2 Å². The van der Waals surface area contributed by atoms with Crippen molar-refractivity contribution in [3.63, 3.8) is 0 Å². The molecule has 1 saturated heterocycles. The summed E-state index contributed by atoms with van der Waals surface area (Å²) in [7, 11) is 1.53. The lowest BCUT2D eigenvalue weighted by atomic mass is 9.84. The summed E-state index contributed by atoms with van der Waals surface area (Å²) in [5.41, 5.74) is 2.06. The van der Waals surface area contributed by atoms with Gasteiger partial charge in [-0.3, -0.25) is 14.5 Å². The Balaban J connectivity index is 1.93. The molecule has 40 heavy (non-hydrogen) atoms. The number of nitrogens with zero attached hydrogens (tertiary/aromatic N) is 1. The van der Waals surface area contributed by atoms with E-state index in [0.717, 1.165) is 5.56 Å². The zero-order chi connectivity index (χ0) is 29.2. The topological polar surface area (TPSA) is 85.3 Å². The third-order valence-electron chi connectivity index (χ3n) is 6.73. The predicted molar refractivity (Wildman–Crippen MR) is 156 cm³/mol. The van der Waals surface area contributed by atoms with Gasteiger partial charge in [0.05, 0.1) is 31.4 Å². The highest BCUT2D eigenvalue weighted by Gasteiger charge is 2.48. The minimum atomic E-state index is -0.919. The molecule has 0 spiro atoms. The Labute approximate surface area is 236 Å². The fraction of sp³-hybridized carbons (Fsp3) is 0.333. The number of amides is 1. The van der Waals surface area contributed by atoms with Crippen molar-refractivity contribution in [1.29, 1.82) is 0 Å². The molecule has 1 aliphatic rings. The maximum atomic E-state index is 13.7. The molecule has 0 saturated carbocycles. The minimum absolute atomic E-state index is 0.0129. The van der Waals surface area contributed by atoms with Crippen molar-refractivity contribution < 1.29 is 28.9 Å². The van der Waals surface area contributed by atoms with Crippen LogP contribution in [0.4, 0.5) is 5.69 Å². The predicted octanol–water partition coefficient (Wildman–Crippen LogP) is 6.80. The van der Waals surface area contributed by atoms with Crippen LogP contribution >= 0.6 is 0 Å². The molecule has 4 rings (SSSR count). The number of ketones is 1. The average Bonchev–Trinajstić information content (AvgIpc) is 3.18. The molecule has 210 valence electrons. The first-order valence-corrected chi connectivity index (χ1v) is 13.5. The van der Waals surface area contributed by atoms with E-state index in [9.17, 15) is 14.7 Å². The quantitative estimate of drug-likeness (QED) is 0.191. The molecule has 3 aromatic carbocycles. The molecule has 0 radical (unpaired) electrons. The number of carbonyl (C=O) groups is 2. The van der Waals surface area contributed by atoms with Crippen LogP contribution in [0.2, 0.25) is 0 Å². The van der Waals surface area contributed by atoms with Crippen LogP contribution in [-0.4, -0.2) is 36.6 Å². The van der Waals surface area contributed by atoms with Crippen LogP contribution in [0.15, 0.2) is 72.3 Å². The van der Waals surface area contributed by atoms with Crippen LogP contribution in [0.1, 0.15) is 64.3 Å². The maximum Gasteiger partial charge on any atom is 0.300 e. The number of anilines is 1. The third kappa shape index (κ3) is 5.55. The van der Waals surface area contributed by atoms with Crippen LogP contribution < -0.4 is 19.1 Å². The lowest BCUT2D eigenvalue weighted by molar-refractivity contribution is -0.132. The molecule has 1 unspecified atom stereocenters. The molecule has 0 bridgehead atoms. The first-order valence-electron chi connectivity index (χ1n) is 13.5. The summed E-state index contributed by atoms with van der Waals surface area (Å²) < 4.78 is 17.2. The molecule has 7 nitrogen and oxygen atoms in total. The van der Waals surface area contributed by atoms with Gasteiger partial charge in [-0.2, -0.15) is 0 Å². The van der Waals surface area contributed by atoms with Gasteiger partial charge in [-0.25, -0.2) is 0 Å². The van der Waals surface area contributed by atoms with E-state index < -0.39 is 17.7 Å². The van der Waals surface area contributed by atoms with E-state index in [1.807, 2.05) is 39.0 Å². The molecule has 1 amide bonds. The van der Waals surface area contributed by atoms with E-state index in [-0.39, 0.29) is 22.9 Å². The van der Waals surface area contributed by atoms with E-state index in [1.54, 1.807) is 48.5 Å². The number of ether oxygens (including phenoxy) is 3. The fourth-order valence-electron chi connectivity index (χ4n) is 4.94. The molecule has 1 heterocycles. The normalized spacial score (nSPS) is 16.9. The molecule has 1 atom stereocenters. The van der Waals surface area contributed by atoms with Gasteiger partial charge in [-0.15, -0.1) is 0 Å². The lowest BCUT2D eigenvalue weighted by Gasteiger charge is -2.27. The molecule has 7 heteroatoms. The summed E-state index contributed by atoms with van der Waals surface area (Å²) in [6.45, 7) is 12.4. The summed E-state index contributed by atoms with van der Waals surface area (Å²) in [6, 6.07) is 18.6. The Morgan fingerprint density at radius 1 is 0.975 bits per heavy atom. The Morgan fingerprint density at radius 2 is 1.65 bits per heavy atom. The number of Topliss-reactive ketones (excluding diaryl/α,β-unsaturated/α-hetero) is 1. The van der Waals surface area contributed by atoms with E-state index in [2.05, 4.69) is 20.8 Å². The van der Waals surface area contributed by atoms with Gasteiger partial charge in [-0.1, -0.05) is 39.0 Å². The number of carbonyl (C=O) groups excluding carboxylic acids is 2. The monoisotopic (exact) mass is 543 g/mol. The van der Waals surface area contributed by atoms with Gasteiger partial charge >= 0.3 is 0 Å². The second-order valence-electron chi connectivity index (χ2n) is 11.0. The zero-order valence-electron chi connectivity index (χ0n) is 24.1. The summed E-state index contributed by atoms with van der Waals surface area (Å²) >= 11 is 0. The maximum absolute atomic E-state index is 13.7. The molecular weight excluding hydrogens is 506 g/mol. The zero-order valence-corrected chi connectivity index (χ0v) is 24.1. The summed E-state index contributed by atoms with van der Waals surface area (Å²) in [5.74, 6) is 0.0709. The van der Waals surface area contributed by atoms with Crippen LogP contribution in [-0.2, 0) is 15.0 Å². The minimum Gasteiger partial charge on any atom is -0.507 e. The van der Waals surface area contributed by atoms with Crippen molar-refractivity contribution in [3.8, 4) is 17.2 Å². The van der Waals surface area contributed by atoms with Crippen LogP contribution in [0.3, 0.4) is 0 Å². The Hall–Kier alpha value is -4.26. The van der Waals surface area contributed by atoms with Gasteiger partial charge in [0.15, 0.2) is 0 Å². The molecule has 1 fully saturated rings. The Kier molecular flexibility index (Phi) is 8.24. The highest BCUT2D eigenvalue weighted by atomic mass is 16.5. The first-order chi connectivity index (χ1) is 19.0. The van der Waals surface area contributed by atoms with E-state index >= 15 is 0 Å². The van der Waals surface area contributed by atoms with Crippen LogP contribution in [0, 0.1) is 0 Å². The highest BCUT2D eigenvalue weighted by molar-refractivity contribution is 6.51. The first kappa shape index (κ1) is 28.7.